The van der Waals surface area contributed by atoms with Crippen molar-refractivity contribution in [3.8, 4) is 0 Å². The summed E-state index contributed by atoms with van der Waals surface area (Å²) in [6.07, 6.45) is 1.26. The van der Waals surface area contributed by atoms with Crippen LogP contribution in [0.15, 0.2) is 0 Å². The Morgan fingerprint density at radius 1 is 1.40 bits per heavy atom. The predicted molar refractivity (Wildman–Crippen MR) is 70.3 cm³/mol. The molecule has 0 radical (unpaired) electrons. The van der Waals surface area contributed by atoms with E-state index in [4.69, 9.17) is 5.73 Å². The molecule has 1 atom stereocenters. The number of hydrogen-bond donors (Lipinski definition) is 2. The summed E-state index contributed by atoms with van der Waals surface area (Å²) in [6, 6.07) is 0. The van der Waals surface area contributed by atoms with E-state index in [-0.39, 0.29) is 5.54 Å². The Morgan fingerprint density at radius 2 is 2.07 bits per heavy atom. The van der Waals surface area contributed by atoms with Crippen LogP contribution in [0.4, 0.5) is 0 Å². The van der Waals surface area contributed by atoms with Gasteiger partial charge < -0.3 is 11.1 Å². The quantitative estimate of drug-likeness (QED) is 0.777. The van der Waals surface area contributed by atoms with Gasteiger partial charge >= 0.3 is 0 Å². The lowest BCUT2D eigenvalue weighted by Crippen LogP contribution is -2.64. The molecule has 90 valence electrons. The molecule has 0 saturated carbocycles. The number of nitrogens with one attached hydrogen (secondary N) is 1. The van der Waals surface area contributed by atoms with E-state index >= 15 is 0 Å². The third-order valence-corrected chi connectivity index (χ3v) is 4.90. The molecule has 2 nitrogen and oxygen atoms in total. The fourth-order valence-electron chi connectivity index (χ4n) is 2.11. The molecule has 15 heavy (non-hydrogen) atoms. The zero-order valence-electron chi connectivity index (χ0n) is 10.6. The van der Waals surface area contributed by atoms with Gasteiger partial charge in [-0.25, -0.2) is 0 Å². The summed E-state index contributed by atoms with van der Waals surface area (Å²) in [6.45, 7) is 11.0. The molecule has 1 saturated heterocycles. The third kappa shape index (κ3) is 2.89. The highest BCUT2D eigenvalue weighted by Gasteiger charge is 2.45. The summed E-state index contributed by atoms with van der Waals surface area (Å²) in [5, 5.41) is 3.73. The molecule has 1 rings (SSSR count). The molecule has 3 heteroatoms. The number of hydrogen-bond acceptors (Lipinski definition) is 3. The van der Waals surface area contributed by atoms with Crippen molar-refractivity contribution in [3.63, 3.8) is 0 Å². The van der Waals surface area contributed by atoms with Crippen LogP contribution in [0.2, 0.25) is 0 Å². The minimum Gasteiger partial charge on any atom is -0.329 e. The summed E-state index contributed by atoms with van der Waals surface area (Å²) in [7, 11) is 0. The van der Waals surface area contributed by atoms with E-state index in [9.17, 15) is 0 Å². The Labute approximate surface area is 98.8 Å². The molecule has 0 aromatic rings. The highest BCUT2D eigenvalue weighted by atomic mass is 32.2. The van der Waals surface area contributed by atoms with Crippen LogP contribution in [-0.2, 0) is 0 Å². The third-order valence-electron chi connectivity index (χ3n) is 3.71. The van der Waals surface area contributed by atoms with Crippen molar-refractivity contribution in [1.82, 2.24) is 5.32 Å². The summed E-state index contributed by atoms with van der Waals surface area (Å²) in [5.41, 5.74) is 6.48. The molecule has 3 N–H and O–H groups in total. The van der Waals surface area contributed by atoms with Gasteiger partial charge in [-0.1, -0.05) is 27.7 Å². The van der Waals surface area contributed by atoms with E-state index in [1.807, 2.05) is 11.8 Å². The summed E-state index contributed by atoms with van der Waals surface area (Å²) in [4.78, 5) is 0. The molecule has 0 bridgehead atoms. The standard InChI is InChI=1S/C12H26N2S/c1-10(2)7-14-12(8-13)9-15-6-5-11(12,3)4/h10,14H,5-9,13H2,1-4H3. The first-order chi connectivity index (χ1) is 6.93. The monoisotopic (exact) mass is 230 g/mol. The predicted octanol–water partition coefficient (Wildman–Crippen LogP) is 2.09. The van der Waals surface area contributed by atoms with Crippen molar-refractivity contribution in [3.05, 3.63) is 0 Å². The molecule has 1 aliphatic heterocycles. The molecular formula is C12H26N2S. The topological polar surface area (TPSA) is 38.0 Å². The second kappa shape index (κ2) is 5.07. The number of nitrogens with two attached hydrogens (primary N) is 1. The fourth-order valence-corrected chi connectivity index (χ4v) is 3.86. The van der Waals surface area contributed by atoms with Crippen LogP contribution < -0.4 is 11.1 Å². The van der Waals surface area contributed by atoms with Gasteiger partial charge in [0.1, 0.15) is 0 Å². The van der Waals surface area contributed by atoms with Gasteiger partial charge in [0.2, 0.25) is 0 Å². The highest BCUT2D eigenvalue weighted by molar-refractivity contribution is 7.99. The Hall–Kier alpha value is 0.270. The molecule has 0 aromatic heterocycles. The van der Waals surface area contributed by atoms with Gasteiger partial charge in [0.25, 0.3) is 0 Å². The van der Waals surface area contributed by atoms with E-state index in [0.29, 0.717) is 11.3 Å². The molecular weight excluding hydrogens is 204 g/mol. The molecule has 1 unspecified atom stereocenters. The van der Waals surface area contributed by atoms with Crippen LogP contribution in [0, 0.1) is 11.3 Å². The van der Waals surface area contributed by atoms with Gasteiger partial charge in [0.15, 0.2) is 0 Å². The zero-order valence-corrected chi connectivity index (χ0v) is 11.4. The highest BCUT2D eigenvalue weighted by Crippen LogP contribution is 2.41. The normalized spacial score (nSPS) is 30.8. The van der Waals surface area contributed by atoms with Crippen LogP contribution in [0.25, 0.3) is 0 Å². The van der Waals surface area contributed by atoms with Crippen LogP contribution in [0.5, 0.6) is 0 Å². The van der Waals surface area contributed by atoms with Crippen LogP contribution in [0.1, 0.15) is 34.1 Å². The van der Waals surface area contributed by atoms with Crippen molar-refractivity contribution in [1.29, 1.82) is 0 Å². The van der Waals surface area contributed by atoms with Crippen molar-refractivity contribution < 1.29 is 0 Å². The van der Waals surface area contributed by atoms with Gasteiger partial charge in [0.05, 0.1) is 0 Å². The first-order valence-corrected chi connectivity index (χ1v) is 7.12. The van der Waals surface area contributed by atoms with E-state index in [1.165, 1.54) is 12.2 Å². The Balaban J connectivity index is 2.71. The van der Waals surface area contributed by atoms with Crippen LogP contribution in [-0.4, -0.2) is 30.1 Å². The fraction of sp³-hybridized carbons (Fsp3) is 1.00. The molecule has 0 amide bonds. The summed E-state index contributed by atoms with van der Waals surface area (Å²) >= 11 is 2.04. The van der Waals surface area contributed by atoms with Crippen molar-refractivity contribution in [2.75, 3.05) is 24.6 Å². The molecule has 0 spiro atoms. The smallest absolute Gasteiger partial charge is 0.0447 e. The Bertz CT molecular complexity index is 204. The van der Waals surface area contributed by atoms with E-state index in [2.05, 4.69) is 33.0 Å². The first-order valence-electron chi connectivity index (χ1n) is 5.96. The molecule has 0 aliphatic carbocycles. The van der Waals surface area contributed by atoms with Crippen molar-refractivity contribution in [2.24, 2.45) is 17.1 Å². The lowest BCUT2D eigenvalue weighted by Gasteiger charge is -2.50. The maximum atomic E-state index is 6.02. The lowest BCUT2D eigenvalue weighted by molar-refractivity contribution is 0.133. The van der Waals surface area contributed by atoms with Crippen LogP contribution in [0.3, 0.4) is 0 Å². The van der Waals surface area contributed by atoms with Crippen molar-refractivity contribution >= 4 is 11.8 Å². The minimum atomic E-state index is 0.139. The molecule has 0 aromatic carbocycles. The van der Waals surface area contributed by atoms with Crippen LogP contribution >= 0.6 is 11.8 Å². The molecule has 1 aliphatic rings. The molecule has 1 heterocycles. The zero-order chi connectivity index (χ0) is 11.5. The average Bonchev–Trinajstić information content (AvgIpc) is 2.16. The Morgan fingerprint density at radius 3 is 2.53 bits per heavy atom. The van der Waals surface area contributed by atoms with Gasteiger partial charge in [-0.2, -0.15) is 11.8 Å². The van der Waals surface area contributed by atoms with E-state index < -0.39 is 0 Å². The lowest BCUT2D eigenvalue weighted by atomic mass is 9.70. The Kier molecular flexibility index (Phi) is 4.50. The second-order valence-electron chi connectivity index (χ2n) is 5.75. The van der Waals surface area contributed by atoms with Gasteiger partial charge in [-0.15, -0.1) is 0 Å². The van der Waals surface area contributed by atoms with Crippen molar-refractivity contribution in [2.45, 2.75) is 39.7 Å². The average molecular weight is 230 g/mol. The van der Waals surface area contributed by atoms with E-state index in [1.54, 1.807) is 0 Å². The van der Waals surface area contributed by atoms with Gasteiger partial charge in [-0.05, 0) is 30.1 Å². The van der Waals surface area contributed by atoms with Gasteiger partial charge in [0, 0.05) is 17.8 Å². The maximum Gasteiger partial charge on any atom is 0.0447 e. The van der Waals surface area contributed by atoms with E-state index in [0.717, 1.165) is 18.8 Å². The summed E-state index contributed by atoms with van der Waals surface area (Å²) in [5.74, 6) is 3.12. The summed E-state index contributed by atoms with van der Waals surface area (Å²) < 4.78 is 0. The largest absolute Gasteiger partial charge is 0.329 e. The minimum absolute atomic E-state index is 0.139. The second-order valence-corrected chi connectivity index (χ2v) is 6.85. The number of rotatable bonds is 4. The maximum absolute atomic E-state index is 6.02. The first kappa shape index (κ1) is 13.3. The SMILES string of the molecule is CC(C)CNC1(CN)CSCCC1(C)C. The molecule has 1 fully saturated rings. The number of thioether (sulfide) groups is 1. The van der Waals surface area contributed by atoms with Gasteiger partial charge in [-0.3, -0.25) is 0 Å².